The molecule has 1 saturated carbocycles. The monoisotopic (exact) mass is 264 g/mol. The Balaban J connectivity index is 1.97. The highest BCUT2D eigenvalue weighted by atomic mass is 16.6. The molecule has 0 spiro atoms. The molecule has 1 aromatic rings. The van der Waals surface area contributed by atoms with Crippen molar-refractivity contribution in [3.63, 3.8) is 0 Å². The summed E-state index contributed by atoms with van der Waals surface area (Å²) >= 11 is 0. The second-order valence-corrected chi connectivity index (χ2v) is 5.41. The van der Waals surface area contributed by atoms with E-state index in [0.29, 0.717) is 11.7 Å². The SMILES string of the molecule is CC1CCCC(CNc2cc([N+](=O)[O-])cc(N)n2)C1. The maximum atomic E-state index is 10.7. The first-order valence-electron chi connectivity index (χ1n) is 6.70. The van der Waals surface area contributed by atoms with Crippen molar-refractivity contribution in [3.05, 3.63) is 22.2 Å². The van der Waals surface area contributed by atoms with E-state index in [4.69, 9.17) is 5.73 Å². The van der Waals surface area contributed by atoms with Crippen LogP contribution < -0.4 is 11.1 Å². The predicted octanol–water partition coefficient (Wildman–Crippen LogP) is 2.81. The minimum absolute atomic E-state index is 0.0213. The zero-order chi connectivity index (χ0) is 13.8. The largest absolute Gasteiger partial charge is 0.383 e. The highest BCUT2D eigenvalue weighted by molar-refractivity contribution is 5.52. The number of aromatic nitrogens is 1. The summed E-state index contributed by atoms with van der Waals surface area (Å²) in [7, 11) is 0. The van der Waals surface area contributed by atoms with Crippen LogP contribution in [-0.4, -0.2) is 16.5 Å². The molecule has 19 heavy (non-hydrogen) atoms. The molecule has 1 aliphatic rings. The van der Waals surface area contributed by atoms with Gasteiger partial charge in [-0.1, -0.05) is 19.8 Å². The smallest absolute Gasteiger partial charge is 0.276 e. The van der Waals surface area contributed by atoms with E-state index in [0.717, 1.165) is 12.5 Å². The maximum absolute atomic E-state index is 10.7. The summed E-state index contributed by atoms with van der Waals surface area (Å²) in [4.78, 5) is 14.4. The summed E-state index contributed by atoms with van der Waals surface area (Å²) < 4.78 is 0. The van der Waals surface area contributed by atoms with E-state index in [9.17, 15) is 10.1 Å². The third-order valence-electron chi connectivity index (χ3n) is 3.66. The molecule has 2 rings (SSSR count). The van der Waals surface area contributed by atoms with Crippen molar-refractivity contribution >= 4 is 17.3 Å². The number of anilines is 2. The van der Waals surface area contributed by atoms with Gasteiger partial charge in [0.2, 0.25) is 0 Å². The van der Waals surface area contributed by atoms with Gasteiger partial charge in [-0.25, -0.2) is 4.98 Å². The van der Waals surface area contributed by atoms with Crippen LogP contribution in [0.1, 0.15) is 32.6 Å². The van der Waals surface area contributed by atoms with Crippen LogP contribution in [0.15, 0.2) is 12.1 Å². The van der Waals surface area contributed by atoms with Crippen molar-refractivity contribution in [1.29, 1.82) is 0 Å². The Kier molecular flexibility index (Phi) is 4.19. The van der Waals surface area contributed by atoms with Gasteiger partial charge in [0.1, 0.15) is 11.6 Å². The third kappa shape index (κ3) is 3.81. The number of rotatable bonds is 4. The van der Waals surface area contributed by atoms with Crippen LogP contribution in [0.5, 0.6) is 0 Å². The molecule has 1 aliphatic carbocycles. The fourth-order valence-corrected chi connectivity index (χ4v) is 2.73. The number of hydrogen-bond acceptors (Lipinski definition) is 5. The molecule has 1 heterocycles. The molecule has 0 aliphatic heterocycles. The number of nitrogens with one attached hydrogen (secondary N) is 1. The molecular formula is C13H20N4O2. The quantitative estimate of drug-likeness (QED) is 0.644. The number of pyridine rings is 1. The van der Waals surface area contributed by atoms with Crippen LogP contribution in [0.2, 0.25) is 0 Å². The lowest BCUT2D eigenvalue weighted by molar-refractivity contribution is -0.384. The summed E-state index contributed by atoms with van der Waals surface area (Å²) in [6.07, 6.45) is 4.98. The number of nitrogens with zero attached hydrogens (tertiary/aromatic N) is 2. The van der Waals surface area contributed by atoms with Crippen LogP contribution >= 0.6 is 0 Å². The van der Waals surface area contributed by atoms with Gasteiger partial charge in [-0.2, -0.15) is 0 Å². The second kappa shape index (κ2) is 5.86. The summed E-state index contributed by atoms with van der Waals surface area (Å²) in [6, 6.07) is 2.70. The Morgan fingerprint density at radius 2 is 2.32 bits per heavy atom. The third-order valence-corrected chi connectivity index (χ3v) is 3.66. The van der Waals surface area contributed by atoms with Crippen molar-refractivity contribution in [2.45, 2.75) is 32.6 Å². The Bertz CT molecular complexity index is 464. The predicted molar refractivity (Wildman–Crippen MR) is 74.9 cm³/mol. The van der Waals surface area contributed by atoms with Crippen molar-refractivity contribution < 1.29 is 4.92 Å². The molecule has 6 nitrogen and oxygen atoms in total. The van der Waals surface area contributed by atoms with Gasteiger partial charge in [0.15, 0.2) is 0 Å². The summed E-state index contributed by atoms with van der Waals surface area (Å²) in [5, 5.41) is 13.9. The van der Waals surface area contributed by atoms with Gasteiger partial charge in [-0.05, 0) is 24.7 Å². The van der Waals surface area contributed by atoms with Crippen molar-refractivity contribution in [3.8, 4) is 0 Å². The molecule has 0 amide bonds. The lowest BCUT2D eigenvalue weighted by Crippen LogP contribution is -2.21. The van der Waals surface area contributed by atoms with Crippen LogP contribution in [0.25, 0.3) is 0 Å². The van der Waals surface area contributed by atoms with Crippen LogP contribution in [0.3, 0.4) is 0 Å². The van der Waals surface area contributed by atoms with Gasteiger partial charge in [-0.15, -0.1) is 0 Å². The van der Waals surface area contributed by atoms with E-state index in [1.165, 1.54) is 37.8 Å². The highest BCUT2D eigenvalue weighted by Crippen LogP contribution is 2.29. The Labute approximate surface area is 112 Å². The van der Waals surface area contributed by atoms with E-state index < -0.39 is 4.92 Å². The van der Waals surface area contributed by atoms with E-state index in [1.54, 1.807) is 0 Å². The fourth-order valence-electron chi connectivity index (χ4n) is 2.73. The van der Waals surface area contributed by atoms with E-state index in [-0.39, 0.29) is 11.5 Å². The highest BCUT2D eigenvalue weighted by Gasteiger charge is 2.19. The minimum Gasteiger partial charge on any atom is -0.383 e. The molecule has 1 fully saturated rings. The summed E-state index contributed by atoms with van der Waals surface area (Å²) in [6.45, 7) is 3.08. The van der Waals surface area contributed by atoms with Crippen LogP contribution in [0, 0.1) is 22.0 Å². The number of nitro groups is 1. The zero-order valence-electron chi connectivity index (χ0n) is 11.1. The van der Waals surface area contributed by atoms with Crippen LogP contribution in [-0.2, 0) is 0 Å². The van der Waals surface area contributed by atoms with Crippen LogP contribution in [0.4, 0.5) is 17.3 Å². The Morgan fingerprint density at radius 3 is 3.00 bits per heavy atom. The maximum Gasteiger partial charge on any atom is 0.276 e. The Morgan fingerprint density at radius 1 is 1.53 bits per heavy atom. The molecule has 6 heteroatoms. The van der Waals surface area contributed by atoms with Gasteiger partial charge < -0.3 is 11.1 Å². The van der Waals surface area contributed by atoms with E-state index in [1.807, 2.05) is 0 Å². The molecule has 1 aromatic heterocycles. The van der Waals surface area contributed by atoms with Gasteiger partial charge in [0, 0.05) is 6.54 Å². The van der Waals surface area contributed by atoms with Gasteiger partial charge in [-0.3, -0.25) is 10.1 Å². The average Bonchev–Trinajstić information content (AvgIpc) is 2.36. The standard InChI is InChI=1S/C13H20N4O2/c1-9-3-2-4-10(5-9)8-15-13-7-11(17(18)19)6-12(14)16-13/h6-7,9-10H,2-5,8H2,1H3,(H3,14,15,16). The van der Waals surface area contributed by atoms with Gasteiger partial charge in [0.05, 0.1) is 17.1 Å². The second-order valence-electron chi connectivity index (χ2n) is 5.41. The van der Waals surface area contributed by atoms with Gasteiger partial charge in [0.25, 0.3) is 5.69 Å². The van der Waals surface area contributed by atoms with Gasteiger partial charge >= 0.3 is 0 Å². The number of hydrogen-bond donors (Lipinski definition) is 2. The molecule has 0 saturated heterocycles. The molecule has 2 atom stereocenters. The number of nitrogens with two attached hydrogens (primary N) is 1. The summed E-state index contributed by atoms with van der Waals surface area (Å²) in [5.41, 5.74) is 5.55. The molecule has 0 aromatic carbocycles. The van der Waals surface area contributed by atoms with Crippen molar-refractivity contribution in [1.82, 2.24) is 4.98 Å². The summed E-state index contributed by atoms with van der Waals surface area (Å²) in [5.74, 6) is 2.05. The minimum atomic E-state index is -0.452. The zero-order valence-corrected chi connectivity index (χ0v) is 11.1. The molecule has 104 valence electrons. The lowest BCUT2D eigenvalue weighted by atomic mass is 9.82. The Hall–Kier alpha value is -1.85. The van der Waals surface area contributed by atoms with Crippen molar-refractivity contribution in [2.24, 2.45) is 11.8 Å². The molecule has 0 radical (unpaired) electrons. The number of nitrogen functional groups attached to an aromatic ring is 1. The average molecular weight is 264 g/mol. The topological polar surface area (TPSA) is 94.1 Å². The molecule has 0 bridgehead atoms. The van der Waals surface area contributed by atoms with Crippen molar-refractivity contribution in [2.75, 3.05) is 17.6 Å². The normalized spacial score (nSPS) is 23.0. The van der Waals surface area contributed by atoms with E-state index >= 15 is 0 Å². The first-order valence-corrected chi connectivity index (χ1v) is 6.70. The molecule has 3 N–H and O–H groups in total. The van der Waals surface area contributed by atoms with E-state index in [2.05, 4.69) is 17.2 Å². The first-order chi connectivity index (χ1) is 9.04. The molecular weight excluding hydrogens is 244 g/mol. The molecule has 2 unspecified atom stereocenters. The first kappa shape index (κ1) is 13.6. The fraction of sp³-hybridized carbons (Fsp3) is 0.615. The lowest BCUT2D eigenvalue weighted by Gasteiger charge is -2.26.